The van der Waals surface area contributed by atoms with Gasteiger partial charge >= 0.3 is 11.9 Å². The first-order chi connectivity index (χ1) is 17.3. The maximum absolute atomic E-state index is 13.6. The van der Waals surface area contributed by atoms with E-state index < -0.39 is 23.5 Å². The Hall–Kier alpha value is -4.22. The molecule has 1 aromatic carbocycles. The van der Waals surface area contributed by atoms with E-state index in [1.54, 1.807) is 29.0 Å². The third-order valence-electron chi connectivity index (χ3n) is 7.22. The highest BCUT2D eigenvalue weighted by Crippen LogP contribution is 2.56. The van der Waals surface area contributed by atoms with Crippen LogP contribution in [0.25, 0.3) is 27.9 Å². The molecule has 1 aliphatic heterocycles. The summed E-state index contributed by atoms with van der Waals surface area (Å²) in [5.41, 5.74) is 2.99. The standard InChI is InChI=1S/C24H18F3N7O2/c25-24(26,27)19-3-4-20-30-16-2-1-11(7-18(16)34(19)20)12-8-13(12)14-9-17(32-33-6-5-28-21(14)33)15-10-29-23(36)31-22(15)35/h1-2,5-7,9-10,12-13,19H,3-4,8H2,(H2,29,31,35,36)/t12-,13+,19?/m1/s1. The molecule has 12 heteroatoms. The van der Waals surface area contributed by atoms with Gasteiger partial charge in [-0.3, -0.25) is 9.78 Å². The molecule has 4 aromatic heterocycles. The van der Waals surface area contributed by atoms with Crippen molar-refractivity contribution >= 4 is 16.7 Å². The highest BCUT2D eigenvalue weighted by Gasteiger charge is 2.46. The van der Waals surface area contributed by atoms with E-state index in [2.05, 4.69) is 25.0 Å². The van der Waals surface area contributed by atoms with Crippen LogP contribution in [0.1, 0.15) is 47.7 Å². The van der Waals surface area contributed by atoms with Gasteiger partial charge in [-0.2, -0.15) is 18.3 Å². The average molecular weight is 493 g/mol. The van der Waals surface area contributed by atoms with Gasteiger partial charge in [-0.1, -0.05) is 6.07 Å². The Kier molecular flexibility index (Phi) is 4.19. The topological polar surface area (TPSA) is 114 Å². The molecule has 0 saturated heterocycles. The molecule has 0 radical (unpaired) electrons. The van der Waals surface area contributed by atoms with Gasteiger partial charge in [0.1, 0.15) is 11.9 Å². The SMILES string of the molecule is O=c1[nH]cc(-c2cc([C@H]3C[C@@H]3c3ccc4nc5n(c4c3)C(C(F)(F)F)CC5)c3nccn3n2)c(=O)[nH]1. The summed E-state index contributed by atoms with van der Waals surface area (Å²) >= 11 is 0. The lowest BCUT2D eigenvalue weighted by Crippen LogP contribution is -2.23. The molecule has 1 aliphatic carbocycles. The molecule has 2 aliphatic rings. The molecule has 1 unspecified atom stereocenters. The average Bonchev–Trinajstić information content (AvgIpc) is 3.14. The quantitative estimate of drug-likeness (QED) is 0.400. The van der Waals surface area contributed by atoms with Crippen LogP contribution in [-0.2, 0) is 6.42 Å². The molecular weight excluding hydrogens is 475 g/mol. The molecule has 182 valence electrons. The number of halogens is 3. The normalized spacial score (nSPS) is 21.4. The van der Waals surface area contributed by atoms with Crippen molar-refractivity contribution < 1.29 is 13.2 Å². The van der Waals surface area contributed by atoms with Gasteiger partial charge in [-0.25, -0.2) is 19.3 Å². The van der Waals surface area contributed by atoms with Gasteiger partial charge in [0.05, 0.1) is 22.3 Å². The maximum atomic E-state index is 13.6. The Bertz CT molecular complexity index is 1800. The van der Waals surface area contributed by atoms with Gasteiger partial charge in [0.25, 0.3) is 5.56 Å². The lowest BCUT2D eigenvalue weighted by molar-refractivity contribution is -0.164. The van der Waals surface area contributed by atoms with E-state index in [1.807, 2.05) is 12.1 Å². The summed E-state index contributed by atoms with van der Waals surface area (Å²) in [5.74, 6) is 0.604. The number of imidazole rings is 2. The molecule has 9 nitrogen and oxygen atoms in total. The highest BCUT2D eigenvalue weighted by atomic mass is 19.4. The zero-order chi connectivity index (χ0) is 24.8. The summed E-state index contributed by atoms with van der Waals surface area (Å²) < 4.78 is 43.8. The van der Waals surface area contributed by atoms with Crippen molar-refractivity contribution in [3.8, 4) is 11.3 Å². The fourth-order valence-corrected chi connectivity index (χ4v) is 5.47. The molecule has 5 aromatic rings. The van der Waals surface area contributed by atoms with Crippen LogP contribution in [-0.4, -0.2) is 40.3 Å². The number of nitrogens with zero attached hydrogens (tertiary/aromatic N) is 5. The predicted molar refractivity (Wildman–Crippen MR) is 123 cm³/mol. The van der Waals surface area contributed by atoms with Gasteiger partial charge in [-0.15, -0.1) is 0 Å². The maximum Gasteiger partial charge on any atom is 0.409 e. The summed E-state index contributed by atoms with van der Waals surface area (Å²) in [6, 6.07) is 5.80. The Morgan fingerprint density at radius 2 is 1.97 bits per heavy atom. The fraction of sp³-hybridized carbons (Fsp3) is 0.292. The number of rotatable bonds is 3. The predicted octanol–water partition coefficient (Wildman–Crippen LogP) is 3.44. The minimum absolute atomic E-state index is 0.0135. The van der Waals surface area contributed by atoms with Crippen molar-refractivity contribution in [3.05, 3.63) is 80.6 Å². The van der Waals surface area contributed by atoms with Crippen molar-refractivity contribution in [3.63, 3.8) is 0 Å². The molecule has 1 saturated carbocycles. The number of hydrogen-bond donors (Lipinski definition) is 2. The molecule has 5 heterocycles. The molecule has 3 atom stereocenters. The van der Waals surface area contributed by atoms with Crippen molar-refractivity contribution in [1.82, 2.24) is 34.1 Å². The molecule has 0 spiro atoms. The number of hydrogen-bond acceptors (Lipinski definition) is 5. The second-order valence-corrected chi connectivity index (χ2v) is 9.36. The number of H-pyrrole nitrogens is 2. The van der Waals surface area contributed by atoms with E-state index in [0.29, 0.717) is 34.6 Å². The Labute approximate surface area is 199 Å². The summed E-state index contributed by atoms with van der Waals surface area (Å²) in [6.07, 6.45) is 1.40. The Balaban J connectivity index is 1.29. The molecule has 0 bridgehead atoms. The van der Waals surface area contributed by atoms with Crippen LogP contribution in [0.4, 0.5) is 13.2 Å². The highest BCUT2D eigenvalue weighted by molar-refractivity contribution is 5.78. The lowest BCUT2D eigenvalue weighted by Gasteiger charge is -2.18. The number of fused-ring (bicyclic) bond motifs is 4. The van der Waals surface area contributed by atoms with Gasteiger partial charge < -0.3 is 9.55 Å². The summed E-state index contributed by atoms with van der Waals surface area (Å²) in [5, 5.41) is 4.46. The summed E-state index contributed by atoms with van der Waals surface area (Å²) in [7, 11) is 0. The number of benzene rings is 1. The van der Waals surface area contributed by atoms with Crippen molar-refractivity contribution in [2.45, 2.75) is 43.3 Å². The third-order valence-corrected chi connectivity index (χ3v) is 7.22. The Morgan fingerprint density at radius 1 is 1.11 bits per heavy atom. The molecular formula is C24H18F3N7O2. The molecule has 0 amide bonds. The van der Waals surface area contributed by atoms with Crippen LogP contribution >= 0.6 is 0 Å². The van der Waals surface area contributed by atoms with Gasteiger partial charge in [-0.05, 0) is 48.4 Å². The molecule has 36 heavy (non-hydrogen) atoms. The third kappa shape index (κ3) is 3.13. The minimum atomic E-state index is -4.32. The van der Waals surface area contributed by atoms with Crippen LogP contribution in [0.15, 0.2) is 52.4 Å². The van der Waals surface area contributed by atoms with Gasteiger partial charge in [0.2, 0.25) is 0 Å². The van der Waals surface area contributed by atoms with Crippen molar-refractivity contribution in [2.75, 3.05) is 0 Å². The summed E-state index contributed by atoms with van der Waals surface area (Å²) in [4.78, 5) is 37.3. The van der Waals surface area contributed by atoms with E-state index in [0.717, 1.165) is 17.5 Å². The number of alkyl halides is 3. The monoisotopic (exact) mass is 493 g/mol. The van der Waals surface area contributed by atoms with E-state index in [9.17, 15) is 22.8 Å². The van der Waals surface area contributed by atoms with Crippen molar-refractivity contribution in [2.24, 2.45) is 0 Å². The zero-order valence-electron chi connectivity index (χ0n) is 18.6. The second kappa shape index (κ2) is 7.15. The van der Waals surface area contributed by atoms with Crippen LogP contribution in [0.3, 0.4) is 0 Å². The number of aromatic nitrogens is 7. The van der Waals surface area contributed by atoms with Crippen molar-refractivity contribution in [1.29, 1.82) is 0 Å². The van der Waals surface area contributed by atoms with E-state index in [1.165, 1.54) is 10.8 Å². The molecule has 1 fully saturated rings. The Morgan fingerprint density at radius 3 is 2.78 bits per heavy atom. The van der Waals surface area contributed by atoms with Crippen LogP contribution in [0.2, 0.25) is 0 Å². The molecule has 2 N–H and O–H groups in total. The fourth-order valence-electron chi connectivity index (χ4n) is 5.47. The lowest BCUT2D eigenvalue weighted by atomic mass is 10.0. The first-order valence-electron chi connectivity index (χ1n) is 11.5. The van der Waals surface area contributed by atoms with Crippen LogP contribution in [0.5, 0.6) is 0 Å². The van der Waals surface area contributed by atoms with Crippen LogP contribution in [0, 0.1) is 0 Å². The summed E-state index contributed by atoms with van der Waals surface area (Å²) in [6.45, 7) is 0. The number of nitrogens with one attached hydrogen (secondary N) is 2. The smallest absolute Gasteiger partial charge is 0.316 e. The van der Waals surface area contributed by atoms with E-state index >= 15 is 0 Å². The number of aryl methyl sites for hydroxylation is 1. The van der Waals surface area contributed by atoms with E-state index in [4.69, 9.17) is 0 Å². The molecule has 7 rings (SSSR count). The first-order valence-corrected chi connectivity index (χ1v) is 11.5. The first kappa shape index (κ1) is 21.1. The zero-order valence-corrected chi connectivity index (χ0v) is 18.6. The second-order valence-electron chi connectivity index (χ2n) is 9.36. The van der Waals surface area contributed by atoms with Crippen LogP contribution < -0.4 is 11.2 Å². The number of aromatic amines is 2. The van der Waals surface area contributed by atoms with E-state index in [-0.39, 0.29) is 23.8 Å². The van der Waals surface area contributed by atoms with Gasteiger partial charge in [0.15, 0.2) is 5.65 Å². The minimum Gasteiger partial charge on any atom is -0.316 e. The largest absolute Gasteiger partial charge is 0.409 e. The van der Waals surface area contributed by atoms with Gasteiger partial charge in [0, 0.05) is 30.6 Å².